The monoisotopic (exact) mass is 289 g/mol. The maximum Gasteiger partial charge on any atom is 0.339 e. The van der Waals surface area contributed by atoms with Gasteiger partial charge in [-0.3, -0.25) is 0 Å². The lowest BCUT2D eigenvalue weighted by molar-refractivity contribution is 0.0698. The fourth-order valence-corrected chi connectivity index (χ4v) is 1.97. The molecule has 2 aromatic rings. The molecular formula is C15H19N3O3. The summed E-state index contributed by atoms with van der Waals surface area (Å²) in [4.78, 5) is 17.8. The van der Waals surface area contributed by atoms with Crippen LogP contribution >= 0.6 is 0 Å². The van der Waals surface area contributed by atoms with Gasteiger partial charge >= 0.3 is 5.97 Å². The van der Waals surface area contributed by atoms with Crippen LogP contribution < -0.4 is 10.1 Å². The van der Waals surface area contributed by atoms with Gasteiger partial charge in [0.2, 0.25) is 0 Å². The first kappa shape index (κ1) is 15.1. The van der Waals surface area contributed by atoms with Gasteiger partial charge in [-0.1, -0.05) is 0 Å². The van der Waals surface area contributed by atoms with Gasteiger partial charge in [-0.15, -0.1) is 0 Å². The minimum atomic E-state index is -0.993. The highest BCUT2D eigenvalue weighted by Gasteiger charge is 2.13. The van der Waals surface area contributed by atoms with Crippen LogP contribution in [-0.2, 0) is 0 Å². The summed E-state index contributed by atoms with van der Waals surface area (Å²) >= 11 is 0. The average molecular weight is 289 g/mol. The summed E-state index contributed by atoms with van der Waals surface area (Å²) in [5.74, 6) is 0.0787. The smallest absolute Gasteiger partial charge is 0.339 e. The van der Waals surface area contributed by atoms with Crippen LogP contribution in [0.15, 0.2) is 24.3 Å². The lowest BCUT2D eigenvalue weighted by Crippen LogP contribution is -2.22. The Balaban J connectivity index is 2.39. The highest BCUT2D eigenvalue weighted by atomic mass is 16.5. The number of nitrogens with one attached hydrogen (secondary N) is 1. The highest BCUT2D eigenvalue weighted by molar-refractivity contribution is 5.98. The molecule has 0 atom stereocenters. The van der Waals surface area contributed by atoms with Gasteiger partial charge in [0.25, 0.3) is 0 Å². The Morgan fingerprint density at radius 1 is 1.38 bits per heavy atom. The second-order valence-corrected chi connectivity index (χ2v) is 4.98. The van der Waals surface area contributed by atoms with Crippen LogP contribution in [0.1, 0.15) is 10.4 Å². The van der Waals surface area contributed by atoms with Crippen molar-refractivity contribution in [3.63, 3.8) is 0 Å². The molecule has 0 unspecified atom stereocenters. The van der Waals surface area contributed by atoms with E-state index in [0.29, 0.717) is 23.6 Å². The van der Waals surface area contributed by atoms with E-state index in [9.17, 15) is 9.90 Å². The van der Waals surface area contributed by atoms with Gasteiger partial charge in [0.1, 0.15) is 17.1 Å². The lowest BCUT2D eigenvalue weighted by atomic mass is 10.1. The van der Waals surface area contributed by atoms with Gasteiger partial charge in [0, 0.05) is 24.5 Å². The van der Waals surface area contributed by atoms with E-state index in [0.717, 1.165) is 11.9 Å². The van der Waals surface area contributed by atoms with E-state index >= 15 is 0 Å². The van der Waals surface area contributed by atoms with Crippen LogP contribution in [0.4, 0.5) is 5.82 Å². The van der Waals surface area contributed by atoms with Crippen LogP contribution in [0.5, 0.6) is 5.75 Å². The zero-order valence-corrected chi connectivity index (χ0v) is 12.4. The standard InChI is InChI=1S/C15H19N3O3/c1-18(2)7-6-16-14-12(15(19)20)8-10-4-5-11(21-3)9-13(10)17-14/h4-5,8-9H,6-7H2,1-3H3,(H,16,17)(H,19,20). The number of fused-ring (bicyclic) bond motifs is 1. The van der Waals surface area contributed by atoms with Gasteiger partial charge in [0.05, 0.1) is 12.6 Å². The van der Waals surface area contributed by atoms with Crippen molar-refractivity contribution in [1.82, 2.24) is 9.88 Å². The van der Waals surface area contributed by atoms with Gasteiger partial charge in [-0.2, -0.15) is 0 Å². The average Bonchev–Trinajstić information content (AvgIpc) is 2.45. The minimum Gasteiger partial charge on any atom is -0.497 e. The number of anilines is 1. The molecule has 6 heteroatoms. The first-order valence-electron chi connectivity index (χ1n) is 6.62. The van der Waals surface area contributed by atoms with Crippen LogP contribution in [0.2, 0.25) is 0 Å². The van der Waals surface area contributed by atoms with Crippen LogP contribution in [0.25, 0.3) is 10.9 Å². The van der Waals surface area contributed by atoms with Crippen molar-refractivity contribution >= 4 is 22.7 Å². The number of ether oxygens (including phenoxy) is 1. The van der Waals surface area contributed by atoms with Gasteiger partial charge in [-0.25, -0.2) is 9.78 Å². The Labute approximate surface area is 123 Å². The molecule has 0 bridgehead atoms. The fourth-order valence-electron chi connectivity index (χ4n) is 1.97. The third-order valence-corrected chi connectivity index (χ3v) is 3.11. The number of likely N-dealkylation sites (N-methyl/N-ethyl adjacent to an activating group) is 1. The molecule has 2 N–H and O–H groups in total. The SMILES string of the molecule is COc1ccc2cc(C(=O)O)c(NCCN(C)C)nc2c1. The molecule has 0 spiro atoms. The van der Waals surface area contributed by atoms with E-state index in [4.69, 9.17) is 4.74 Å². The number of hydrogen-bond donors (Lipinski definition) is 2. The zero-order chi connectivity index (χ0) is 15.4. The molecule has 0 saturated heterocycles. The predicted molar refractivity (Wildman–Crippen MR) is 82.3 cm³/mol. The third-order valence-electron chi connectivity index (χ3n) is 3.11. The van der Waals surface area contributed by atoms with E-state index in [1.54, 1.807) is 31.4 Å². The number of pyridine rings is 1. The Morgan fingerprint density at radius 3 is 2.76 bits per heavy atom. The normalized spacial score (nSPS) is 10.9. The number of aromatic nitrogens is 1. The first-order chi connectivity index (χ1) is 10.0. The number of carboxylic acids is 1. The van der Waals surface area contributed by atoms with Crippen molar-refractivity contribution in [3.05, 3.63) is 29.8 Å². The van der Waals surface area contributed by atoms with E-state index in [1.807, 2.05) is 19.0 Å². The quantitative estimate of drug-likeness (QED) is 0.846. The maximum absolute atomic E-state index is 11.4. The van der Waals surface area contributed by atoms with E-state index in [2.05, 4.69) is 10.3 Å². The van der Waals surface area contributed by atoms with Gasteiger partial charge in [0.15, 0.2) is 0 Å². The van der Waals surface area contributed by atoms with Crippen molar-refractivity contribution < 1.29 is 14.6 Å². The topological polar surface area (TPSA) is 74.7 Å². The van der Waals surface area contributed by atoms with E-state index in [-0.39, 0.29) is 5.56 Å². The van der Waals surface area contributed by atoms with Crippen LogP contribution in [0.3, 0.4) is 0 Å². The second kappa shape index (κ2) is 6.41. The Hall–Kier alpha value is -2.34. The van der Waals surface area contributed by atoms with Crippen molar-refractivity contribution in [1.29, 1.82) is 0 Å². The third kappa shape index (κ3) is 3.61. The molecule has 6 nitrogen and oxygen atoms in total. The van der Waals surface area contributed by atoms with Gasteiger partial charge in [-0.05, 0) is 32.3 Å². The predicted octanol–water partition coefficient (Wildman–Crippen LogP) is 1.92. The molecule has 1 aromatic carbocycles. The molecule has 0 aliphatic heterocycles. The van der Waals surface area contributed by atoms with Crippen molar-refractivity contribution in [2.24, 2.45) is 0 Å². The number of rotatable bonds is 6. The molecule has 0 fully saturated rings. The highest BCUT2D eigenvalue weighted by Crippen LogP contribution is 2.24. The second-order valence-electron chi connectivity index (χ2n) is 4.98. The summed E-state index contributed by atoms with van der Waals surface area (Å²) < 4.78 is 5.17. The van der Waals surface area contributed by atoms with E-state index < -0.39 is 5.97 Å². The number of nitrogens with zero attached hydrogens (tertiary/aromatic N) is 2. The number of carbonyl (C=O) groups is 1. The molecule has 1 heterocycles. The number of aromatic carboxylic acids is 1. The zero-order valence-electron chi connectivity index (χ0n) is 12.4. The van der Waals surface area contributed by atoms with Crippen molar-refractivity contribution in [3.8, 4) is 5.75 Å². The van der Waals surface area contributed by atoms with Crippen molar-refractivity contribution in [2.45, 2.75) is 0 Å². The molecule has 0 aliphatic rings. The minimum absolute atomic E-state index is 0.173. The van der Waals surface area contributed by atoms with E-state index in [1.165, 1.54) is 0 Å². The summed E-state index contributed by atoms with van der Waals surface area (Å²) in [7, 11) is 5.50. The lowest BCUT2D eigenvalue weighted by Gasteiger charge is -2.13. The maximum atomic E-state index is 11.4. The number of carboxylic acid groups (broad SMARTS) is 1. The Morgan fingerprint density at radius 2 is 2.14 bits per heavy atom. The first-order valence-corrected chi connectivity index (χ1v) is 6.62. The summed E-state index contributed by atoms with van der Waals surface area (Å²) in [6.07, 6.45) is 0. The van der Waals surface area contributed by atoms with Crippen LogP contribution in [0, 0.1) is 0 Å². The molecule has 0 saturated carbocycles. The van der Waals surface area contributed by atoms with Crippen LogP contribution in [-0.4, -0.2) is 55.3 Å². The van der Waals surface area contributed by atoms with Crippen molar-refractivity contribution in [2.75, 3.05) is 39.6 Å². The molecular weight excluding hydrogens is 270 g/mol. The fraction of sp³-hybridized carbons (Fsp3) is 0.333. The largest absolute Gasteiger partial charge is 0.497 e. The molecule has 0 amide bonds. The Kier molecular flexibility index (Phi) is 4.59. The molecule has 1 aromatic heterocycles. The molecule has 112 valence electrons. The van der Waals surface area contributed by atoms with Gasteiger partial charge < -0.3 is 20.1 Å². The summed E-state index contributed by atoms with van der Waals surface area (Å²) in [5.41, 5.74) is 0.873. The molecule has 0 aliphatic carbocycles. The molecule has 2 rings (SSSR count). The summed E-state index contributed by atoms with van der Waals surface area (Å²) in [5, 5.41) is 13.2. The number of methoxy groups -OCH3 is 1. The molecule has 21 heavy (non-hydrogen) atoms. The summed E-state index contributed by atoms with van der Waals surface area (Å²) in [6.45, 7) is 1.41. The summed E-state index contributed by atoms with van der Waals surface area (Å²) in [6, 6.07) is 7.01. The Bertz CT molecular complexity index is 656. The number of benzene rings is 1. The number of hydrogen-bond acceptors (Lipinski definition) is 5. The molecule has 0 radical (unpaired) electrons.